The molecule has 10 nitrogen and oxygen atoms in total. The molecule has 3 N–H and O–H groups in total. The molecule has 0 unspecified atom stereocenters. The molecule has 1 aliphatic rings. The summed E-state index contributed by atoms with van der Waals surface area (Å²) in [7, 11) is 3.06. The Morgan fingerprint density at radius 2 is 1.69 bits per heavy atom. The Morgan fingerprint density at radius 1 is 1.06 bits per heavy atom. The van der Waals surface area contributed by atoms with E-state index in [1.54, 1.807) is 62.3 Å². The molecule has 3 amide bonds. The summed E-state index contributed by atoms with van der Waals surface area (Å²) in [6.45, 7) is 3.93. The highest BCUT2D eigenvalue weighted by Crippen LogP contribution is 2.31. The lowest BCUT2D eigenvalue weighted by atomic mass is 9.97. The number of ether oxygens (including phenoxy) is 2. The lowest BCUT2D eigenvalue weighted by Gasteiger charge is -2.29. The monoisotopic (exact) mass is 477 g/mol. The standard InChI is InChI=1S/C25H27N5O5/c1-25(2,35-24(33)27-3)15-5-7-16(8-6-15)29-14-13-19-20(22(26)31)28-30(21(19)23(29)32)17-9-11-18(34-4)12-10-17/h5-12H,13-14H2,1-4H3,(H2,26,31)(H,27,33). The molecule has 2 heterocycles. The van der Waals surface area contributed by atoms with Crippen molar-refractivity contribution in [1.29, 1.82) is 0 Å². The van der Waals surface area contributed by atoms with E-state index in [9.17, 15) is 14.4 Å². The number of rotatable bonds is 6. The van der Waals surface area contributed by atoms with E-state index in [1.807, 2.05) is 12.1 Å². The molecule has 0 bridgehead atoms. The minimum Gasteiger partial charge on any atom is -0.497 e. The van der Waals surface area contributed by atoms with Gasteiger partial charge in [-0.25, -0.2) is 9.48 Å². The van der Waals surface area contributed by atoms with Crippen molar-refractivity contribution in [2.24, 2.45) is 5.73 Å². The molecule has 0 spiro atoms. The predicted molar refractivity (Wildman–Crippen MR) is 129 cm³/mol. The fourth-order valence-electron chi connectivity index (χ4n) is 4.10. The number of hydrogen-bond donors (Lipinski definition) is 2. The van der Waals surface area contributed by atoms with Crippen molar-refractivity contribution in [2.45, 2.75) is 25.9 Å². The van der Waals surface area contributed by atoms with Gasteiger partial charge < -0.3 is 25.4 Å². The van der Waals surface area contributed by atoms with Crippen LogP contribution in [-0.2, 0) is 16.8 Å². The van der Waals surface area contributed by atoms with Crippen LogP contribution in [0.2, 0.25) is 0 Å². The second kappa shape index (κ2) is 9.13. The molecule has 3 aromatic rings. The molecule has 2 aromatic carbocycles. The summed E-state index contributed by atoms with van der Waals surface area (Å²) in [5.74, 6) is -0.325. The van der Waals surface area contributed by atoms with Gasteiger partial charge in [-0.1, -0.05) is 12.1 Å². The van der Waals surface area contributed by atoms with Crippen molar-refractivity contribution < 1.29 is 23.9 Å². The average Bonchev–Trinajstić information content (AvgIpc) is 3.25. The number of aromatic nitrogens is 2. The van der Waals surface area contributed by atoms with E-state index in [4.69, 9.17) is 15.2 Å². The summed E-state index contributed by atoms with van der Waals surface area (Å²) in [5, 5.41) is 6.82. The first-order valence-electron chi connectivity index (χ1n) is 11.1. The summed E-state index contributed by atoms with van der Waals surface area (Å²) >= 11 is 0. The smallest absolute Gasteiger partial charge is 0.407 e. The maximum Gasteiger partial charge on any atom is 0.407 e. The summed E-state index contributed by atoms with van der Waals surface area (Å²) in [4.78, 5) is 39.0. The summed E-state index contributed by atoms with van der Waals surface area (Å²) < 4.78 is 12.1. The van der Waals surface area contributed by atoms with Crippen LogP contribution in [0.15, 0.2) is 48.5 Å². The topological polar surface area (TPSA) is 129 Å². The highest BCUT2D eigenvalue weighted by molar-refractivity contribution is 6.09. The van der Waals surface area contributed by atoms with Crippen LogP contribution >= 0.6 is 0 Å². The summed E-state index contributed by atoms with van der Waals surface area (Å²) in [6, 6.07) is 14.2. The van der Waals surface area contributed by atoms with Crippen LogP contribution in [0, 0.1) is 0 Å². The van der Waals surface area contributed by atoms with Gasteiger partial charge in [0.15, 0.2) is 5.69 Å². The van der Waals surface area contributed by atoms with E-state index >= 15 is 0 Å². The van der Waals surface area contributed by atoms with Crippen LogP contribution < -0.4 is 20.7 Å². The fraction of sp³-hybridized carbons (Fsp3) is 0.280. The Morgan fingerprint density at radius 3 is 2.26 bits per heavy atom. The Hall–Kier alpha value is -4.34. The Kier molecular flexibility index (Phi) is 6.21. The highest BCUT2D eigenvalue weighted by atomic mass is 16.6. The van der Waals surface area contributed by atoms with E-state index < -0.39 is 17.6 Å². The second-order valence-corrected chi connectivity index (χ2v) is 8.55. The van der Waals surface area contributed by atoms with E-state index in [2.05, 4.69) is 10.4 Å². The molecular formula is C25H27N5O5. The number of benzene rings is 2. The molecular weight excluding hydrogens is 450 g/mol. The molecule has 0 aliphatic carbocycles. The fourth-order valence-corrected chi connectivity index (χ4v) is 4.10. The largest absolute Gasteiger partial charge is 0.497 e. The number of hydrogen-bond acceptors (Lipinski definition) is 6. The van der Waals surface area contributed by atoms with Crippen LogP contribution in [0.25, 0.3) is 5.69 Å². The Balaban J connectivity index is 1.69. The van der Waals surface area contributed by atoms with E-state index in [0.717, 1.165) is 5.56 Å². The molecule has 10 heteroatoms. The van der Waals surface area contributed by atoms with Crippen molar-refractivity contribution in [3.05, 3.63) is 71.0 Å². The number of primary amides is 1. The summed E-state index contributed by atoms with van der Waals surface area (Å²) in [6.07, 6.45) is -0.113. The Labute approximate surface area is 202 Å². The van der Waals surface area contributed by atoms with Gasteiger partial charge in [0.25, 0.3) is 11.8 Å². The third-order valence-electron chi connectivity index (χ3n) is 5.99. The summed E-state index contributed by atoms with van der Waals surface area (Å²) in [5.41, 5.74) is 7.67. The normalized spacial score (nSPS) is 13.3. The van der Waals surface area contributed by atoms with E-state index in [-0.39, 0.29) is 11.6 Å². The maximum absolute atomic E-state index is 13.6. The van der Waals surface area contributed by atoms with Gasteiger partial charge in [0.2, 0.25) is 0 Å². The lowest BCUT2D eigenvalue weighted by molar-refractivity contribution is 0.0377. The minimum absolute atomic E-state index is 0.0901. The zero-order chi connectivity index (χ0) is 25.3. The molecule has 4 rings (SSSR count). The number of alkyl carbamates (subject to hydrolysis) is 1. The molecule has 0 saturated carbocycles. The number of nitrogens with one attached hydrogen (secondary N) is 1. The van der Waals surface area contributed by atoms with Gasteiger partial charge in [0.1, 0.15) is 17.0 Å². The molecule has 0 fully saturated rings. The highest BCUT2D eigenvalue weighted by Gasteiger charge is 2.35. The predicted octanol–water partition coefficient (Wildman–Crippen LogP) is 2.77. The molecule has 1 aliphatic heterocycles. The van der Waals surface area contributed by atoms with E-state index in [0.29, 0.717) is 41.3 Å². The maximum atomic E-state index is 13.6. The quantitative estimate of drug-likeness (QED) is 0.562. The van der Waals surface area contributed by atoms with Crippen LogP contribution in [0.3, 0.4) is 0 Å². The number of fused-ring (bicyclic) bond motifs is 1. The van der Waals surface area contributed by atoms with Gasteiger partial charge in [-0.05, 0) is 62.2 Å². The van der Waals surface area contributed by atoms with Crippen LogP contribution in [-0.4, -0.2) is 48.4 Å². The van der Waals surface area contributed by atoms with Gasteiger partial charge in [-0.2, -0.15) is 5.10 Å². The number of nitrogens with zero attached hydrogens (tertiary/aromatic N) is 3. The number of carbonyl (C=O) groups is 3. The molecule has 0 atom stereocenters. The van der Waals surface area contributed by atoms with Gasteiger partial charge in [0, 0.05) is 24.8 Å². The molecule has 0 radical (unpaired) electrons. The van der Waals surface area contributed by atoms with Crippen LogP contribution in [0.1, 0.15) is 46.0 Å². The van der Waals surface area contributed by atoms with Crippen molar-refractivity contribution in [3.8, 4) is 11.4 Å². The van der Waals surface area contributed by atoms with Crippen LogP contribution in [0.5, 0.6) is 5.75 Å². The second-order valence-electron chi connectivity index (χ2n) is 8.55. The Bertz CT molecular complexity index is 1280. The molecule has 1 aromatic heterocycles. The van der Waals surface area contributed by atoms with Crippen molar-refractivity contribution in [1.82, 2.24) is 15.1 Å². The molecule has 35 heavy (non-hydrogen) atoms. The molecule has 182 valence electrons. The average molecular weight is 478 g/mol. The first-order valence-corrected chi connectivity index (χ1v) is 11.1. The van der Waals surface area contributed by atoms with Gasteiger partial charge in [-0.3, -0.25) is 9.59 Å². The molecule has 0 saturated heterocycles. The zero-order valence-electron chi connectivity index (χ0n) is 20.0. The van der Waals surface area contributed by atoms with E-state index in [1.165, 1.54) is 11.7 Å². The van der Waals surface area contributed by atoms with Gasteiger partial charge in [-0.15, -0.1) is 0 Å². The third kappa shape index (κ3) is 4.42. The van der Waals surface area contributed by atoms with Gasteiger partial charge in [0.05, 0.1) is 12.8 Å². The number of anilines is 1. The lowest BCUT2D eigenvalue weighted by Crippen LogP contribution is -2.39. The van der Waals surface area contributed by atoms with Crippen LogP contribution in [0.4, 0.5) is 10.5 Å². The van der Waals surface area contributed by atoms with Crippen molar-refractivity contribution in [3.63, 3.8) is 0 Å². The van der Waals surface area contributed by atoms with Crippen molar-refractivity contribution >= 4 is 23.6 Å². The van der Waals surface area contributed by atoms with Gasteiger partial charge >= 0.3 is 6.09 Å². The SMILES string of the molecule is CNC(=O)OC(C)(C)c1ccc(N2CCc3c(C(N)=O)nn(-c4ccc(OC)cc4)c3C2=O)cc1. The third-order valence-corrected chi connectivity index (χ3v) is 5.99. The number of carbonyl (C=O) groups excluding carboxylic acids is 3. The first kappa shape index (κ1) is 23.8. The number of nitrogens with two attached hydrogens (primary N) is 1. The zero-order valence-corrected chi connectivity index (χ0v) is 20.0. The minimum atomic E-state index is -0.860. The number of methoxy groups -OCH3 is 1. The number of amides is 3. The first-order chi connectivity index (χ1) is 16.7. The van der Waals surface area contributed by atoms with Crippen molar-refractivity contribution in [2.75, 3.05) is 25.6 Å².